The van der Waals surface area contributed by atoms with Crippen molar-refractivity contribution < 1.29 is 19.4 Å². The fraction of sp³-hybridized carbons (Fsp3) is 0.222. The Labute approximate surface area is 81.0 Å². The molecule has 0 heterocycles. The SMILES string of the molecule is COC(=O)c1c(N)ccc(O)c1OC. The van der Waals surface area contributed by atoms with E-state index < -0.39 is 5.97 Å². The van der Waals surface area contributed by atoms with E-state index in [-0.39, 0.29) is 22.7 Å². The molecule has 0 saturated carbocycles. The molecule has 0 aliphatic rings. The predicted molar refractivity (Wildman–Crippen MR) is 50.4 cm³/mol. The number of carbonyl (C=O) groups is 1. The molecule has 0 spiro atoms. The highest BCUT2D eigenvalue weighted by atomic mass is 16.5. The van der Waals surface area contributed by atoms with Crippen molar-refractivity contribution in [3.05, 3.63) is 17.7 Å². The number of hydrogen-bond acceptors (Lipinski definition) is 5. The lowest BCUT2D eigenvalue weighted by atomic mass is 10.1. The molecule has 3 N–H and O–H groups in total. The van der Waals surface area contributed by atoms with Crippen molar-refractivity contribution in [3.8, 4) is 11.5 Å². The van der Waals surface area contributed by atoms with Gasteiger partial charge in [-0.25, -0.2) is 4.79 Å². The molecule has 0 aromatic heterocycles. The molecule has 76 valence electrons. The van der Waals surface area contributed by atoms with Crippen LogP contribution in [0, 0.1) is 0 Å². The zero-order valence-corrected chi connectivity index (χ0v) is 7.90. The van der Waals surface area contributed by atoms with E-state index in [1.165, 1.54) is 26.4 Å². The number of ether oxygens (including phenoxy) is 2. The monoisotopic (exact) mass is 197 g/mol. The Kier molecular flexibility index (Phi) is 2.81. The molecule has 0 aliphatic carbocycles. The van der Waals surface area contributed by atoms with Gasteiger partial charge < -0.3 is 20.3 Å². The van der Waals surface area contributed by atoms with Gasteiger partial charge in [0.05, 0.1) is 19.9 Å². The maximum Gasteiger partial charge on any atom is 0.343 e. The zero-order valence-electron chi connectivity index (χ0n) is 7.90. The van der Waals surface area contributed by atoms with Gasteiger partial charge in [0.2, 0.25) is 0 Å². The Balaban J connectivity index is 3.37. The fourth-order valence-electron chi connectivity index (χ4n) is 1.11. The maximum atomic E-state index is 11.3. The van der Waals surface area contributed by atoms with Crippen LogP contribution in [-0.4, -0.2) is 25.3 Å². The van der Waals surface area contributed by atoms with E-state index in [1.807, 2.05) is 0 Å². The van der Waals surface area contributed by atoms with Crippen LogP contribution >= 0.6 is 0 Å². The van der Waals surface area contributed by atoms with E-state index in [1.54, 1.807) is 0 Å². The van der Waals surface area contributed by atoms with Crippen LogP contribution < -0.4 is 10.5 Å². The molecular formula is C9H11NO4. The summed E-state index contributed by atoms with van der Waals surface area (Å²) in [6.07, 6.45) is 0. The minimum absolute atomic E-state index is 0.0249. The second-order valence-corrected chi connectivity index (χ2v) is 2.57. The number of anilines is 1. The number of carbonyl (C=O) groups excluding carboxylic acids is 1. The number of rotatable bonds is 2. The van der Waals surface area contributed by atoms with Gasteiger partial charge in [-0.05, 0) is 12.1 Å². The summed E-state index contributed by atoms with van der Waals surface area (Å²) < 4.78 is 9.35. The quantitative estimate of drug-likeness (QED) is 0.415. The molecular weight excluding hydrogens is 186 g/mol. The zero-order chi connectivity index (χ0) is 10.7. The topological polar surface area (TPSA) is 81.8 Å². The molecule has 1 aromatic rings. The number of phenols is 1. The molecule has 14 heavy (non-hydrogen) atoms. The Bertz CT molecular complexity index is 362. The van der Waals surface area contributed by atoms with Gasteiger partial charge in [-0.3, -0.25) is 0 Å². The molecule has 0 saturated heterocycles. The number of hydrogen-bond donors (Lipinski definition) is 2. The minimum Gasteiger partial charge on any atom is -0.504 e. The van der Waals surface area contributed by atoms with Gasteiger partial charge in [-0.15, -0.1) is 0 Å². The average molecular weight is 197 g/mol. The van der Waals surface area contributed by atoms with Gasteiger partial charge in [-0.1, -0.05) is 0 Å². The first kappa shape index (κ1) is 10.2. The average Bonchev–Trinajstić information content (AvgIpc) is 2.19. The molecule has 1 aromatic carbocycles. The normalized spacial score (nSPS) is 9.57. The van der Waals surface area contributed by atoms with Gasteiger partial charge in [-0.2, -0.15) is 0 Å². The van der Waals surface area contributed by atoms with E-state index in [0.717, 1.165) is 0 Å². The van der Waals surface area contributed by atoms with E-state index in [9.17, 15) is 9.90 Å². The number of nitrogens with two attached hydrogens (primary N) is 1. The molecule has 5 nitrogen and oxygen atoms in total. The number of phenolic OH excluding ortho intramolecular Hbond substituents is 1. The summed E-state index contributed by atoms with van der Waals surface area (Å²) in [4.78, 5) is 11.3. The van der Waals surface area contributed by atoms with Crippen LogP contribution in [-0.2, 0) is 4.74 Å². The third-order valence-electron chi connectivity index (χ3n) is 1.76. The summed E-state index contributed by atoms with van der Waals surface area (Å²) in [5, 5.41) is 9.37. The van der Waals surface area contributed by atoms with E-state index in [4.69, 9.17) is 10.5 Å². The predicted octanol–water partition coefficient (Wildman–Crippen LogP) is 0.770. The summed E-state index contributed by atoms with van der Waals surface area (Å²) in [5.74, 6) is -0.769. The molecule has 0 amide bonds. The number of benzene rings is 1. The van der Waals surface area contributed by atoms with Crippen LogP contribution in [0.25, 0.3) is 0 Å². The summed E-state index contributed by atoms with van der Waals surface area (Å²) in [7, 11) is 2.56. The molecule has 5 heteroatoms. The number of nitrogen functional groups attached to an aromatic ring is 1. The van der Waals surface area contributed by atoms with Crippen molar-refractivity contribution in [3.63, 3.8) is 0 Å². The molecule has 0 aliphatic heterocycles. The lowest BCUT2D eigenvalue weighted by Gasteiger charge is -2.10. The summed E-state index contributed by atoms with van der Waals surface area (Å²) >= 11 is 0. The Morgan fingerprint density at radius 3 is 2.57 bits per heavy atom. The van der Waals surface area contributed by atoms with E-state index >= 15 is 0 Å². The number of methoxy groups -OCH3 is 2. The number of aromatic hydroxyl groups is 1. The van der Waals surface area contributed by atoms with Gasteiger partial charge in [0, 0.05) is 0 Å². The van der Waals surface area contributed by atoms with Crippen molar-refractivity contribution in [2.75, 3.05) is 20.0 Å². The van der Waals surface area contributed by atoms with Crippen molar-refractivity contribution >= 4 is 11.7 Å². The third kappa shape index (κ3) is 1.56. The lowest BCUT2D eigenvalue weighted by Crippen LogP contribution is -2.07. The van der Waals surface area contributed by atoms with Crippen molar-refractivity contribution in [1.82, 2.24) is 0 Å². The molecule has 0 bridgehead atoms. The third-order valence-corrected chi connectivity index (χ3v) is 1.76. The van der Waals surface area contributed by atoms with Crippen molar-refractivity contribution in [1.29, 1.82) is 0 Å². The van der Waals surface area contributed by atoms with Crippen LogP contribution in [0.15, 0.2) is 12.1 Å². The molecule has 1 rings (SSSR count). The maximum absolute atomic E-state index is 11.3. The highest BCUT2D eigenvalue weighted by Crippen LogP contribution is 2.34. The van der Waals surface area contributed by atoms with Gasteiger partial charge >= 0.3 is 5.97 Å². The molecule has 0 unspecified atom stereocenters. The second-order valence-electron chi connectivity index (χ2n) is 2.57. The first-order valence-corrected chi connectivity index (χ1v) is 3.85. The van der Waals surface area contributed by atoms with Gasteiger partial charge in [0.1, 0.15) is 5.56 Å². The smallest absolute Gasteiger partial charge is 0.343 e. The Morgan fingerprint density at radius 2 is 2.07 bits per heavy atom. The number of esters is 1. The largest absolute Gasteiger partial charge is 0.504 e. The van der Waals surface area contributed by atoms with Gasteiger partial charge in [0.15, 0.2) is 11.5 Å². The van der Waals surface area contributed by atoms with Gasteiger partial charge in [0.25, 0.3) is 0 Å². The van der Waals surface area contributed by atoms with E-state index in [2.05, 4.69) is 4.74 Å². The standard InChI is InChI=1S/C9H11NO4/c1-13-8-6(11)4-3-5(10)7(8)9(12)14-2/h3-4,11H,10H2,1-2H3. The van der Waals surface area contributed by atoms with Crippen LogP contribution in [0.3, 0.4) is 0 Å². The summed E-state index contributed by atoms with van der Waals surface area (Å²) in [5.41, 5.74) is 5.79. The van der Waals surface area contributed by atoms with Crippen LogP contribution in [0.1, 0.15) is 10.4 Å². The molecule has 0 radical (unpaired) electrons. The van der Waals surface area contributed by atoms with Crippen molar-refractivity contribution in [2.24, 2.45) is 0 Å². The van der Waals surface area contributed by atoms with Crippen LogP contribution in [0.4, 0.5) is 5.69 Å². The Morgan fingerprint density at radius 1 is 1.43 bits per heavy atom. The van der Waals surface area contributed by atoms with Crippen LogP contribution in [0.5, 0.6) is 11.5 Å². The fourth-order valence-corrected chi connectivity index (χ4v) is 1.11. The highest BCUT2D eigenvalue weighted by molar-refractivity contribution is 5.99. The van der Waals surface area contributed by atoms with Crippen molar-refractivity contribution in [2.45, 2.75) is 0 Å². The van der Waals surface area contributed by atoms with E-state index in [0.29, 0.717) is 0 Å². The highest BCUT2D eigenvalue weighted by Gasteiger charge is 2.19. The summed E-state index contributed by atoms with van der Waals surface area (Å²) in [6, 6.07) is 2.75. The summed E-state index contributed by atoms with van der Waals surface area (Å²) in [6.45, 7) is 0. The lowest BCUT2D eigenvalue weighted by molar-refractivity contribution is 0.0597. The molecule has 0 atom stereocenters. The molecule has 0 fully saturated rings. The Hall–Kier alpha value is -1.91. The first-order chi connectivity index (χ1) is 6.61. The first-order valence-electron chi connectivity index (χ1n) is 3.85. The van der Waals surface area contributed by atoms with Crippen LogP contribution in [0.2, 0.25) is 0 Å². The second kappa shape index (κ2) is 3.87. The minimum atomic E-state index is -0.643.